The first-order valence-corrected chi connectivity index (χ1v) is 6.94. The lowest BCUT2D eigenvalue weighted by Crippen LogP contribution is -2.37. The first kappa shape index (κ1) is 11.3. The van der Waals surface area contributed by atoms with Crippen molar-refractivity contribution in [3.05, 3.63) is 34.9 Å². The first-order chi connectivity index (χ1) is 8.25. The lowest BCUT2D eigenvalue weighted by molar-refractivity contribution is -0.0631. The SMILES string of the molecule is CC(C)c1cccc2c1CCC(C1COC1)C2. The fourth-order valence-corrected chi connectivity index (χ4v) is 3.33. The quantitative estimate of drug-likeness (QED) is 0.755. The van der Waals surface area contributed by atoms with Gasteiger partial charge in [-0.05, 0) is 47.8 Å². The summed E-state index contributed by atoms with van der Waals surface area (Å²) in [5.74, 6) is 2.37. The minimum atomic E-state index is 0.661. The van der Waals surface area contributed by atoms with Crippen LogP contribution in [0.5, 0.6) is 0 Å². The van der Waals surface area contributed by atoms with Crippen molar-refractivity contribution in [3.63, 3.8) is 0 Å². The Morgan fingerprint density at radius 3 is 2.65 bits per heavy atom. The molecule has 0 N–H and O–H groups in total. The molecule has 1 aromatic carbocycles. The summed E-state index contributed by atoms with van der Waals surface area (Å²) >= 11 is 0. The van der Waals surface area contributed by atoms with Crippen LogP contribution in [0, 0.1) is 11.8 Å². The van der Waals surface area contributed by atoms with E-state index in [1.807, 2.05) is 0 Å². The Morgan fingerprint density at radius 2 is 2.00 bits per heavy atom. The van der Waals surface area contributed by atoms with Crippen molar-refractivity contribution in [1.29, 1.82) is 0 Å². The van der Waals surface area contributed by atoms with Crippen molar-refractivity contribution >= 4 is 0 Å². The molecule has 1 unspecified atom stereocenters. The third kappa shape index (κ3) is 2.01. The number of fused-ring (bicyclic) bond motifs is 1. The summed E-state index contributed by atoms with van der Waals surface area (Å²) in [7, 11) is 0. The molecule has 1 atom stereocenters. The fourth-order valence-electron chi connectivity index (χ4n) is 3.33. The van der Waals surface area contributed by atoms with Gasteiger partial charge in [0.25, 0.3) is 0 Å². The number of ether oxygens (including phenoxy) is 1. The molecule has 0 bridgehead atoms. The van der Waals surface area contributed by atoms with Crippen LogP contribution in [0.25, 0.3) is 0 Å². The molecule has 2 aliphatic rings. The largest absolute Gasteiger partial charge is 0.381 e. The Hall–Kier alpha value is -0.820. The van der Waals surface area contributed by atoms with Gasteiger partial charge in [0.1, 0.15) is 0 Å². The predicted molar refractivity (Wildman–Crippen MR) is 70.4 cm³/mol. The Kier molecular flexibility index (Phi) is 2.96. The van der Waals surface area contributed by atoms with E-state index in [1.54, 1.807) is 16.7 Å². The van der Waals surface area contributed by atoms with Gasteiger partial charge in [0.05, 0.1) is 13.2 Å². The van der Waals surface area contributed by atoms with E-state index >= 15 is 0 Å². The zero-order chi connectivity index (χ0) is 11.8. The third-order valence-electron chi connectivity index (χ3n) is 4.51. The van der Waals surface area contributed by atoms with Gasteiger partial charge >= 0.3 is 0 Å². The molecule has 0 amide bonds. The van der Waals surface area contributed by atoms with E-state index in [0.717, 1.165) is 25.0 Å². The van der Waals surface area contributed by atoms with Crippen molar-refractivity contribution in [2.75, 3.05) is 13.2 Å². The smallest absolute Gasteiger partial charge is 0.0519 e. The number of hydrogen-bond acceptors (Lipinski definition) is 1. The average Bonchev–Trinajstić information content (AvgIpc) is 2.25. The summed E-state index contributed by atoms with van der Waals surface area (Å²) in [5.41, 5.74) is 4.84. The second-order valence-electron chi connectivity index (χ2n) is 5.94. The standard InChI is InChI=1S/C16H22O/c1-11(2)15-5-3-4-13-8-12(6-7-16(13)15)14-9-17-10-14/h3-5,11-12,14H,6-10H2,1-2H3. The average molecular weight is 230 g/mol. The molecule has 1 heteroatoms. The fraction of sp³-hybridized carbons (Fsp3) is 0.625. The monoisotopic (exact) mass is 230 g/mol. The highest BCUT2D eigenvalue weighted by Crippen LogP contribution is 2.36. The molecule has 0 aromatic heterocycles. The van der Waals surface area contributed by atoms with Crippen molar-refractivity contribution in [2.24, 2.45) is 11.8 Å². The summed E-state index contributed by atoms with van der Waals surface area (Å²) in [4.78, 5) is 0. The minimum Gasteiger partial charge on any atom is -0.381 e. The van der Waals surface area contributed by atoms with Gasteiger partial charge < -0.3 is 4.74 Å². The normalized spacial score (nSPS) is 24.5. The minimum absolute atomic E-state index is 0.661. The lowest BCUT2D eigenvalue weighted by atomic mass is 9.74. The van der Waals surface area contributed by atoms with Crippen LogP contribution in [0.2, 0.25) is 0 Å². The van der Waals surface area contributed by atoms with Gasteiger partial charge in [0.2, 0.25) is 0 Å². The Bertz CT molecular complexity index is 404. The van der Waals surface area contributed by atoms with Gasteiger partial charge in [-0.15, -0.1) is 0 Å². The van der Waals surface area contributed by atoms with Crippen LogP contribution in [0.1, 0.15) is 42.9 Å². The van der Waals surface area contributed by atoms with Gasteiger partial charge in [-0.2, -0.15) is 0 Å². The number of hydrogen-bond donors (Lipinski definition) is 0. The van der Waals surface area contributed by atoms with Gasteiger partial charge in [-0.1, -0.05) is 32.0 Å². The zero-order valence-electron chi connectivity index (χ0n) is 10.9. The lowest BCUT2D eigenvalue weighted by Gasteiger charge is -2.37. The topological polar surface area (TPSA) is 9.23 Å². The maximum absolute atomic E-state index is 5.34. The summed E-state index contributed by atoms with van der Waals surface area (Å²) in [6, 6.07) is 6.90. The summed E-state index contributed by atoms with van der Waals surface area (Å²) in [6.45, 7) is 6.62. The van der Waals surface area contributed by atoms with Gasteiger partial charge in [-0.3, -0.25) is 0 Å². The van der Waals surface area contributed by atoms with Gasteiger partial charge in [0, 0.05) is 5.92 Å². The molecular formula is C16H22O. The molecule has 1 aromatic rings. The molecule has 0 radical (unpaired) electrons. The first-order valence-electron chi connectivity index (χ1n) is 6.94. The van der Waals surface area contributed by atoms with Crippen molar-refractivity contribution in [2.45, 2.75) is 39.0 Å². The number of rotatable bonds is 2. The van der Waals surface area contributed by atoms with Gasteiger partial charge in [-0.25, -0.2) is 0 Å². The zero-order valence-corrected chi connectivity index (χ0v) is 10.9. The van der Waals surface area contributed by atoms with Gasteiger partial charge in [0.15, 0.2) is 0 Å². The molecule has 17 heavy (non-hydrogen) atoms. The molecule has 1 fully saturated rings. The predicted octanol–water partition coefficient (Wildman–Crippen LogP) is 3.56. The Labute approximate surface area is 104 Å². The highest BCUT2D eigenvalue weighted by atomic mass is 16.5. The second kappa shape index (κ2) is 4.45. The van der Waals surface area contributed by atoms with Crippen LogP contribution >= 0.6 is 0 Å². The van der Waals surface area contributed by atoms with E-state index < -0.39 is 0 Å². The molecule has 3 rings (SSSR count). The van der Waals surface area contributed by atoms with Crippen molar-refractivity contribution < 1.29 is 4.74 Å². The number of benzene rings is 1. The molecule has 0 saturated carbocycles. The molecule has 0 spiro atoms. The highest BCUT2D eigenvalue weighted by Gasteiger charge is 2.31. The highest BCUT2D eigenvalue weighted by molar-refractivity contribution is 5.39. The van der Waals surface area contributed by atoms with E-state index in [0.29, 0.717) is 5.92 Å². The summed E-state index contributed by atoms with van der Waals surface area (Å²) in [6.07, 6.45) is 3.93. The summed E-state index contributed by atoms with van der Waals surface area (Å²) in [5, 5.41) is 0. The van der Waals surface area contributed by atoms with Crippen molar-refractivity contribution in [3.8, 4) is 0 Å². The van der Waals surface area contributed by atoms with Crippen LogP contribution in [0.4, 0.5) is 0 Å². The van der Waals surface area contributed by atoms with Crippen molar-refractivity contribution in [1.82, 2.24) is 0 Å². The van der Waals surface area contributed by atoms with E-state index in [1.165, 1.54) is 19.3 Å². The van der Waals surface area contributed by atoms with E-state index in [-0.39, 0.29) is 0 Å². The third-order valence-corrected chi connectivity index (χ3v) is 4.51. The van der Waals surface area contributed by atoms with E-state index in [4.69, 9.17) is 4.74 Å². The van der Waals surface area contributed by atoms with Crippen LogP contribution in [-0.2, 0) is 17.6 Å². The molecule has 1 nitrogen and oxygen atoms in total. The van der Waals surface area contributed by atoms with Crippen LogP contribution in [0.3, 0.4) is 0 Å². The Balaban J connectivity index is 1.85. The molecule has 1 heterocycles. The van der Waals surface area contributed by atoms with Crippen LogP contribution in [0.15, 0.2) is 18.2 Å². The Morgan fingerprint density at radius 1 is 1.18 bits per heavy atom. The van der Waals surface area contributed by atoms with Crippen LogP contribution < -0.4 is 0 Å². The molecule has 1 aliphatic carbocycles. The molecule has 1 aliphatic heterocycles. The molecule has 1 saturated heterocycles. The maximum Gasteiger partial charge on any atom is 0.0519 e. The molecule has 92 valence electrons. The maximum atomic E-state index is 5.34. The van der Waals surface area contributed by atoms with E-state index in [2.05, 4.69) is 32.0 Å². The van der Waals surface area contributed by atoms with E-state index in [9.17, 15) is 0 Å². The summed E-state index contributed by atoms with van der Waals surface area (Å²) < 4.78 is 5.34. The second-order valence-corrected chi connectivity index (χ2v) is 5.94. The van der Waals surface area contributed by atoms with Crippen LogP contribution in [-0.4, -0.2) is 13.2 Å². The molecular weight excluding hydrogens is 208 g/mol.